The normalized spacial score (nSPS) is 11.0. The molecule has 4 aromatic rings. The van der Waals surface area contributed by atoms with Crippen LogP contribution in [0.4, 0.5) is 5.69 Å². The molecule has 4 aromatic carbocycles. The van der Waals surface area contributed by atoms with Crippen LogP contribution in [-0.4, -0.2) is 12.5 Å². The molecule has 3 heteroatoms. The molecule has 0 radical (unpaired) electrons. The Morgan fingerprint density at radius 1 is 0.656 bits per heavy atom. The molecule has 0 unspecified atom stereocenters. The van der Waals surface area contributed by atoms with Crippen molar-refractivity contribution in [1.82, 2.24) is 5.32 Å². The Balaban J connectivity index is 1.93. The fraction of sp³-hybridized carbons (Fsp3) is 0.138. The highest BCUT2D eigenvalue weighted by atomic mass is 16.1. The van der Waals surface area contributed by atoms with E-state index in [9.17, 15) is 4.79 Å². The number of benzene rings is 4. The van der Waals surface area contributed by atoms with Gasteiger partial charge in [0, 0.05) is 12.2 Å². The summed E-state index contributed by atoms with van der Waals surface area (Å²) in [6.07, 6.45) is 0.892. The lowest BCUT2D eigenvalue weighted by molar-refractivity contribution is 0.0954. The lowest BCUT2D eigenvalue weighted by atomic mass is 9.76. The van der Waals surface area contributed by atoms with E-state index in [2.05, 4.69) is 90.4 Å². The number of carbonyl (C=O) groups excluding carboxylic acids is 1. The lowest BCUT2D eigenvalue weighted by Crippen LogP contribution is -2.39. The predicted octanol–water partition coefficient (Wildman–Crippen LogP) is 6.23. The highest BCUT2D eigenvalue weighted by Gasteiger charge is 2.37. The third-order valence-electron chi connectivity index (χ3n) is 5.65. The summed E-state index contributed by atoms with van der Waals surface area (Å²) in [7, 11) is 0. The summed E-state index contributed by atoms with van der Waals surface area (Å²) in [4.78, 5) is 13.0. The van der Waals surface area contributed by atoms with Crippen LogP contribution < -0.4 is 10.6 Å². The van der Waals surface area contributed by atoms with E-state index in [1.54, 1.807) is 0 Å². The van der Waals surface area contributed by atoms with Crippen LogP contribution in [0.5, 0.6) is 0 Å². The largest absolute Gasteiger partial charge is 0.367 e. The summed E-state index contributed by atoms with van der Waals surface area (Å²) in [6.45, 7) is 2.70. The maximum atomic E-state index is 13.0. The van der Waals surface area contributed by atoms with Gasteiger partial charge in [0.25, 0.3) is 5.91 Å². The van der Waals surface area contributed by atoms with Crippen LogP contribution in [0.2, 0.25) is 0 Å². The number of rotatable bonds is 8. The molecule has 3 nitrogen and oxygen atoms in total. The molecular formula is C29H28N2O. The highest BCUT2D eigenvalue weighted by molar-refractivity contribution is 5.99. The standard InChI is InChI=1S/C29H28N2O/c1-2-22-30-28(32)26-20-12-13-21-27(26)31-29(23-14-6-3-7-15-23,24-16-8-4-9-17-24)25-18-10-5-11-19-25/h3-21,31H,2,22H2,1H3,(H,30,32). The molecule has 160 valence electrons. The minimum Gasteiger partial charge on any atom is -0.367 e. The van der Waals surface area contributed by atoms with E-state index in [1.165, 1.54) is 0 Å². The molecular weight excluding hydrogens is 392 g/mol. The Hall–Kier alpha value is -3.85. The zero-order valence-corrected chi connectivity index (χ0v) is 18.3. The quantitative estimate of drug-likeness (QED) is 0.332. The third kappa shape index (κ3) is 4.28. The number of hydrogen-bond donors (Lipinski definition) is 2. The fourth-order valence-electron chi connectivity index (χ4n) is 4.11. The Kier molecular flexibility index (Phi) is 6.66. The third-order valence-corrected chi connectivity index (χ3v) is 5.65. The fourth-order valence-corrected chi connectivity index (χ4v) is 4.11. The molecule has 0 aliphatic rings. The number of hydrogen-bond acceptors (Lipinski definition) is 2. The van der Waals surface area contributed by atoms with Crippen LogP contribution >= 0.6 is 0 Å². The van der Waals surface area contributed by atoms with E-state index in [1.807, 2.05) is 42.5 Å². The van der Waals surface area contributed by atoms with Crippen molar-refractivity contribution in [3.8, 4) is 0 Å². The van der Waals surface area contributed by atoms with E-state index < -0.39 is 5.54 Å². The van der Waals surface area contributed by atoms with Gasteiger partial charge in [0.15, 0.2) is 0 Å². The van der Waals surface area contributed by atoms with Crippen molar-refractivity contribution >= 4 is 11.6 Å². The van der Waals surface area contributed by atoms with Gasteiger partial charge in [-0.15, -0.1) is 0 Å². The molecule has 1 amide bonds. The smallest absolute Gasteiger partial charge is 0.253 e. The first-order valence-corrected chi connectivity index (χ1v) is 11.1. The average Bonchev–Trinajstić information content (AvgIpc) is 2.87. The van der Waals surface area contributed by atoms with Crippen molar-refractivity contribution in [3.63, 3.8) is 0 Å². The second kappa shape index (κ2) is 9.97. The zero-order valence-electron chi connectivity index (χ0n) is 18.3. The maximum absolute atomic E-state index is 13.0. The van der Waals surface area contributed by atoms with E-state index in [0.717, 1.165) is 28.8 Å². The van der Waals surface area contributed by atoms with Crippen molar-refractivity contribution < 1.29 is 4.79 Å². The summed E-state index contributed by atoms with van der Waals surface area (Å²) in [5.74, 6) is -0.0713. The Morgan fingerprint density at radius 3 is 1.56 bits per heavy atom. The van der Waals surface area contributed by atoms with Gasteiger partial charge in [-0.1, -0.05) is 110 Å². The van der Waals surface area contributed by atoms with E-state index in [0.29, 0.717) is 12.1 Å². The number of anilines is 1. The molecule has 0 aliphatic heterocycles. The van der Waals surface area contributed by atoms with Crippen molar-refractivity contribution in [2.45, 2.75) is 18.9 Å². The topological polar surface area (TPSA) is 41.1 Å². The van der Waals surface area contributed by atoms with Gasteiger partial charge in [-0.3, -0.25) is 4.79 Å². The summed E-state index contributed by atoms with van der Waals surface area (Å²) in [5, 5.41) is 6.82. The maximum Gasteiger partial charge on any atom is 0.253 e. The van der Waals surface area contributed by atoms with E-state index in [4.69, 9.17) is 0 Å². The predicted molar refractivity (Wildman–Crippen MR) is 132 cm³/mol. The molecule has 0 heterocycles. The summed E-state index contributed by atoms with van der Waals surface area (Å²) < 4.78 is 0. The monoisotopic (exact) mass is 420 g/mol. The number of amides is 1. The van der Waals surface area contributed by atoms with E-state index in [-0.39, 0.29) is 5.91 Å². The summed E-state index contributed by atoms with van der Waals surface area (Å²) >= 11 is 0. The molecule has 4 rings (SSSR count). The Bertz CT molecular complexity index is 1040. The number of nitrogens with one attached hydrogen (secondary N) is 2. The first-order valence-electron chi connectivity index (χ1n) is 11.1. The van der Waals surface area contributed by atoms with Gasteiger partial charge in [0.1, 0.15) is 5.54 Å². The van der Waals surface area contributed by atoms with Crippen molar-refractivity contribution in [2.75, 3.05) is 11.9 Å². The van der Waals surface area contributed by atoms with E-state index >= 15 is 0 Å². The molecule has 2 N–H and O–H groups in total. The first-order chi connectivity index (χ1) is 15.8. The molecule has 0 atom stereocenters. The van der Waals surface area contributed by atoms with Gasteiger partial charge in [-0.05, 0) is 35.2 Å². The van der Waals surface area contributed by atoms with Crippen molar-refractivity contribution in [3.05, 3.63) is 138 Å². The van der Waals surface area contributed by atoms with Crippen LogP contribution in [0.3, 0.4) is 0 Å². The van der Waals surface area contributed by atoms with Crippen LogP contribution in [0.1, 0.15) is 40.4 Å². The average molecular weight is 421 g/mol. The minimum absolute atomic E-state index is 0.0713. The van der Waals surface area contributed by atoms with Crippen molar-refractivity contribution in [1.29, 1.82) is 0 Å². The first kappa shape index (κ1) is 21.4. The van der Waals surface area contributed by atoms with Gasteiger partial charge in [-0.25, -0.2) is 0 Å². The van der Waals surface area contributed by atoms with Gasteiger partial charge in [0.05, 0.1) is 5.56 Å². The molecule has 0 aromatic heterocycles. The number of para-hydroxylation sites is 1. The molecule has 32 heavy (non-hydrogen) atoms. The molecule has 0 spiro atoms. The Labute approximate surface area is 190 Å². The van der Waals surface area contributed by atoms with Crippen molar-refractivity contribution in [2.24, 2.45) is 0 Å². The SMILES string of the molecule is CCCNC(=O)c1ccccc1NC(c1ccccc1)(c1ccccc1)c1ccccc1. The highest BCUT2D eigenvalue weighted by Crippen LogP contribution is 2.40. The second-order valence-electron chi connectivity index (χ2n) is 7.77. The Morgan fingerprint density at radius 2 is 1.09 bits per heavy atom. The molecule has 0 saturated heterocycles. The molecule has 0 aliphatic carbocycles. The molecule has 0 saturated carbocycles. The van der Waals surface area contributed by atoms with Crippen LogP contribution in [0.15, 0.2) is 115 Å². The van der Waals surface area contributed by atoms with Crippen LogP contribution in [-0.2, 0) is 5.54 Å². The van der Waals surface area contributed by atoms with Crippen LogP contribution in [0.25, 0.3) is 0 Å². The summed E-state index contributed by atoms with van der Waals surface area (Å²) in [5.41, 5.74) is 4.04. The molecule has 0 bridgehead atoms. The van der Waals surface area contributed by atoms with Gasteiger partial charge in [-0.2, -0.15) is 0 Å². The van der Waals surface area contributed by atoms with Gasteiger partial charge in [0.2, 0.25) is 0 Å². The lowest BCUT2D eigenvalue weighted by Gasteiger charge is -2.38. The second-order valence-corrected chi connectivity index (χ2v) is 7.77. The summed E-state index contributed by atoms with van der Waals surface area (Å²) in [6, 6.07) is 38.9. The molecule has 0 fully saturated rings. The zero-order chi connectivity index (χ0) is 22.2. The van der Waals surface area contributed by atoms with Gasteiger partial charge >= 0.3 is 0 Å². The van der Waals surface area contributed by atoms with Crippen LogP contribution in [0, 0.1) is 0 Å². The van der Waals surface area contributed by atoms with Gasteiger partial charge < -0.3 is 10.6 Å². The minimum atomic E-state index is -0.676. The number of carbonyl (C=O) groups is 1.